The number of pyridine rings is 1. The van der Waals surface area contributed by atoms with Gasteiger partial charge >= 0.3 is 64.5 Å². The van der Waals surface area contributed by atoms with Gasteiger partial charge in [0, 0.05) is 0 Å². The Morgan fingerprint density at radius 1 is 1.06 bits per heavy atom. The molecule has 0 unspecified atom stereocenters. The van der Waals surface area contributed by atoms with E-state index < -0.39 is 30.3 Å². The van der Waals surface area contributed by atoms with Crippen molar-refractivity contribution in [3.63, 3.8) is 0 Å². The Kier molecular flexibility index (Phi) is 5.46. The molecule has 0 radical (unpaired) electrons. The SMILES string of the molecule is Fc1ccc([B-](F)(F)F)c(C(F)(F)F)n1.[K+]. The Labute approximate surface area is 128 Å². The van der Waals surface area contributed by atoms with Crippen LogP contribution in [-0.2, 0) is 6.18 Å². The van der Waals surface area contributed by atoms with Gasteiger partial charge in [-0.2, -0.15) is 17.6 Å². The third-order valence-electron chi connectivity index (χ3n) is 1.51. The van der Waals surface area contributed by atoms with Crippen molar-refractivity contribution in [2.75, 3.05) is 0 Å². The summed E-state index contributed by atoms with van der Waals surface area (Å²) in [7, 11) is 0. The van der Waals surface area contributed by atoms with E-state index in [-0.39, 0.29) is 63.5 Å². The van der Waals surface area contributed by atoms with E-state index >= 15 is 0 Å². The molecule has 10 heteroatoms. The van der Waals surface area contributed by atoms with Gasteiger partial charge in [0.25, 0.3) is 0 Å². The third-order valence-corrected chi connectivity index (χ3v) is 1.51. The van der Waals surface area contributed by atoms with E-state index in [4.69, 9.17) is 0 Å². The molecule has 0 amide bonds. The van der Waals surface area contributed by atoms with Crippen LogP contribution in [0, 0.1) is 5.95 Å². The molecule has 1 aromatic rings. The van der Waals surface area contributed by atoms with E-state index in [9.17, 15) is 30.5 Å². The van der Waals surface area contributed by atoms with Crippen molar-refractivity contribution in [1.82, 2.24) is 4.98 Å². The van der Waals surface area contributed by atoms with Gasteiger partial charge in [0.1, 0.15) is 5.69 Å². The maximum Gasteiger partial charge on any atom is 1.00 e. The predicted molar refractivity (Wildman–Crippen MR) is 37.9 cm³/mol. The molecule has 0 N–H and O–H groups in total. The molecular formula is C6H2BF7KN. The van der Waals surface area contributed by atoms with Gasteiger partial charge in [0.15, 0.2) is 0 Å². The van der Waals surface area contributed by atoms with Crippen molar-refractivity contribution < 1.29 is 81.9 Å². The van der Waals surface area contributed by atoms with Gasteiger partial charge in [0.05, 0.1) is 0 Å². The number of aromatic nitrogens is 1. The minimum absolute atomic E-state index is 0. The maximum absolute atomic E-state index is 12.3. The summed E-state index contributed by atoms with van der Waals surface area (Å²) in [5.41, 5.74) is -4.18. The molecule has 1 aromatic heterocycles. The minimum Gasteiger partial charge on any atom is -0.445 e. The van der Waals surface area contributed by atoms with E-state index in [0.717, 1.165) is 0 Å². The number of rotatable bonds is 1. The van der Waals surface area contributed by atoms with Crippen LogP contribution < -0.4 is 56.8 Å². The van der Waals surface area contributed by atoms with Gasteiger partial charge in [0.2, 0.25) is 5.95 Å². The van der Waals surface area contributed by atoms with Crippen LogP contribution in [-0.4, -0.2) is 12.0 Å². The van der Waals surface area contributed by atoms with Crippen LogP contribution in [0.3, 0.4) is 0 Å². The summed E-state index contributed by atoms with van der Waals surface area (Å²) in [6.45, 7) is -5.87. The zero-order chi connectivity index (χ0) is 11.9. The molecule has 84 valence electrons. The Hall–Kier alpha value is 0.361. The van der Waals surface area contributed by atoms with Crippen molar-refractivity contribution in [3.05, 3.63) is 23.8 Å². The topological polar surface area (TPSA) is 12.9 Å². The third kappa shape index (κ3) is 3.99. The fourth-order valence-electron chi connectivity index (χ4n) is 0.937. The van der Waals surface area contributed by atoms with Gasteiger partial charge in [-0.15, -0.1) is 0 Å². The maximum atomic E-state index is 12.3. The second-order valence-corrected chi connectivity index (χ2v) is 2.64. The molecule has 0 aromatic carbocycles. The van der Waals surface area contributed by atoms with Crippen molar-refractivity contribution in [2.45, 2.75) is 6.18 Å². The number of halogens is 7. The summed E-state index contributed by atoms with van der Waals surface area (Å²) >= 11 is 0. The van der Waals surface area contributed by atoms with E-state index in [1.807, 2.05) is 0 Å². The Morgan fingerprint density at radius 2 is 1.56 bits per heavy atom. The fourth-order valence-corrected chi connectivity index (χ4v) is 0.937. The molecule has 1 rings (SSSR count). The van der Waals surface area contributed by atoms with Crippen LogP contribution in [0.1, 0.15) is 5.69 Å². The first-order valence-electron chi connectivity index (χ1n) is 3.56. The standard InChI is InChI=1S/C6H2BF7N.K/c8-4-2-1-3(7(12,13)14)5(15-4)6(9,10)11;/h1-2H;/q-1;+1. The molecule has 0 saturated heterocycles. The average Bonchev–Trinajstić information content (AvgIpc) is 2.00. The summed E-state index contributed by atoms with van der Waals surface area (Å²) in [6.07, 6.45) is -5.32. The van der Waals surface area contributed by atoms with Crippen LogP contribution in [0.5, 0.6) is 0 Å². The summed E-state index contributed by atoms with van der Waals surface area (Å²) in [4.78, 5) is 2.21. The molecule has 1 nitrogen and oxygen atoms in total. The monoisotopic (exact) mass is 271 g/mol. The zero-order valence-corrected chi connectivity index (χ0v) is 10.9. The van der Waals surface area contributed by atoms with Gasteiger partial charge in [-0.25, -0.2) is 4.98 Å². The number of nitrogens with zero attached hydrogens (tertiary/aromatic N) is 1. The number of hydrogen-bond donors (Lipinski definition) is 0. The molecule has 0 aliphatic rings. The molecule has 0 aliphatic carbocycles. The van der Waals surface area contributed by atoms with E-state index in [1.165, 1.54) is 0 Å². The molecule has 16 heavy (non-hydrogen) atoms. The summed E-state index contributed by atoms with van der Waals surface area (Å²) in [6, 6.07) is 0.269. The Bertz CT molecular complexity index is 374. The summed E-state index contributed by atoms with van der Waals surface area (Å²) in [5.74, 6) is -1.61. The van der Waals surface area contributed by atoms with E-state index in [2.05, 4.69) is 4.98 Å². The molecule has 0 atom stereocenters. The summed E-state index contributed by atoms with van der Waals surface area (Å²) < 4.78 is 84.7. The normalized spacial score (nSPS) is 12.2. The average molecular weight is 271 g/mol. The number of hydrogen-bond acceptors (Lipinski definition) is 1. The Balaban J connectivity index is 0.00000225. The van der Waals surface area contributed by atoms with Crippen LogP contribution >= 0.6 is 0 Å². The zero-order valence-electron chi connectivity index (χ0n) is 7.83. The van der Waals surface area contributed by atoms with Crippen LogP contribution in [0.15, 0.2) is 12.1 Å². The second-order valence-electron chi connectivity index (χ2n) is 2.64. The first-order valence-corrected chi connectivity index (χ1v) is 3.56. The minimum atomic E-state index is -5.87. The first-order chi connectivity index (χ1) is 6.62. The second kappa shape index (κ2) is 5.34. The summed E-state index contributed by atoms with van der Waals surface area (Å²) in [5, 5.41) is 0. The van der Waals surface area contributed by atoms with Gasteiger partial charge in [-0.05, 0) is 6.07 Å². The molecule has 0 aliphatic heterocycles. The van der Waals surface area contributed by atoms with E-state index in [1.54, 1.807) is 0 Å². The van der Waals surface area contributed by atoms with Crippen molar-refractivity contribution in [1.29, 1.82) is 0 Å². The van der Waals surface area contributed by atoms with Crippen LogP contribution in [0.2, 0.25) is 0 Å². The largest absolute Gasteiger partial charge is 1.00 e. The molecule has 1 heterocycles. The quantitative estimate of drug-likeness (QED) is 0.374. The van der Waals surface area contributed by atoms with Gasteiger partial charge in [-0.1, -0.05) is 11.5 Å². The number of alkyl halides is 3. The first kappa shape index (κ1) is 16.4. The van der Waals surface area contributed by atoms with Crippen molar-refractivity contribution in [2.24, 2.45) is 0 Å². The molecule has 0 spiro atoms. The predicted octanol–water partition coefficient (Wildman–Crippen LogP) is -0.702. The smallest absolute Gasteiger partial charge is 0.445 e. The molecule has 0 bridgehead atoms. The Morgan fingerprint density at radius 3 is 1.94 bits per heavy atom. The van der Waals surface area contributed by atoms with Crippen LogP contribution in [0.25, 0.3) is 0 Å². The fraction of sp³-hybridized carbons (Fsp3) is 0.167. The van der Waals surface area contributed by atoms with Gasteiger partial charge < -0.3 is 12.9 Å². The van der Waals surface area contributed by atoms with Gasteiger partial charge in [-0.3, -0.25) is 0 Å². The van der Waals surface area contributed by atoms with Crippen molar-refractivity contribution in [3.8, 4) is 0 Å². The molecule has 0 fully saturated rings. The van der Waals surface area contributed by atoms with Crippen molar-refractivity contribution >= 4 is 12.4 Å². The molecular weight excluding hydrogens is 269 g/mol. The molecule has 0 saturated carbocycles. The van der Waals surface area contributed by atoms with E-state index in [0.29, 0.717) is 0 Å². The van der Waals surface area contributed by atoms with Crippen LogP contribution in [0.4, 0.5) is 30.5 Å².